The molecule has 1 unspecified atom stereocenters. The predicted octanol–water partition coefficient (Wildman–Crippen LogP) is 2.70. The molecule has 0 spiro atoms. The van der Waals surface area contributed by atoms with Crippen LogP contribution in [-0.4, -0.2) is 14.7 Å². The highest BCUT2D eigenvalue weighted by Gasteiger charge is 2.29. The van der Waals surface area contributed by atoms with E-state index in [1.165, 1.54) is 0 Å². The third kappa shape index (κ3) is 1.55. The van der Waals surface area contributed by atoms with Gasteiger partial charge in [0.2, 0.25) is 0 Å². The van der Waals surface area contributed by atoms with Crippen molar-refractivity contribution in [2.75, 3.05) is 0 Å². The quantitative estimate of drug-likeness (QED) is 0.858. The van der Waals surface area contributed by atoms with Gasteiger partial charge in [-0.05, 0) is 31.9 Å². The van der Waals surface area contributed by atoms with Gasteiger partial charge in [0.1, 0.15) is 17.5 Å². The number of rotatable bonds is 2. The first-order valence-corrected chi connectivity index (χ1v) is 5.81. The fourth-order valence-electron chi connectivity index (χ4n) is 2.18. The summed E-state index contributed by atoms with van der Waals surface area (Å²) in [7, 11) is 0. The topological polar surface area (TPSA) is 61.8 Å². The summed E-state index contributed by atoms with van der Waals surface area (Å²) in [6.45, 7) is 1.86. The minimum absolute atomic E-state index is 0.217. The predicted molar refractivity (Wildman–Crippen MR) is 63.7 cm³/mol. The molecule has 1 N–H and O–H groups in total. The third-order valence-corrected chi connectivity index (χ3v) is 3.19. The van der Waals surface area contributed by atoms with E-state index in [0.717, 1.165) is 29.7 Å². The molecular weight excluding hydrogens is 214 g/mol. The molecule has 1 aromatic carbocycles. The summed E-state index contributed by atoms with van der Waals surface area (Å²) in [5.74, 6) is 0.844. The van der Waals surface area contributed by atoms with Gasteiger partial charge in [-0.25, -0.2) is 4.98 Å². The Labute approximate surface area is 99.1 Å². The minimum Gasteiger partial charge on any atom is -0.508 e. The number of benzene rings is 1. The molecule has 0 bridgehead atoms. The molecule has 1 fully saturated rings. The Morgan fingerprint density at radius 3 is 2.94 bits per heavy atom. The largest absolute Gasteiger partial charge is 0.508 e. The van der Waals surface area contributed by atoms with Crippen molar-refractivity contribution in [3.63, 3.8) is 0 Å². The molecule has 1 atom stereocenters. The van der Waals surface area contributed by atoms with Gasteiger partial charge < -0.3 is 9.67 Å². The van der Waals surface area contributed by atoms with Gasteiger partial charge in [-0.2, -0.15) is 5.26 Å². The first-order chi connectivity index (χ1) is 8.20. The lowest BCUT2D eigenvalue weighted by molar-refractivity contribution is 0.476. The number of fused-ring (bicyclic) bond motifs is 1. The van der Waals surface area contributed by atoms with Crippen molar-refractivity contribution in [1.82, 2.24) is 9.55 Å². The summed E-state index contributed by atoms with van der Waals surface area (Å²) in [4.78, 5) is 4.52. The van der Waals surface area contributed by atoms with Crippen LogP contribution in [0.4, 0.5) is 0 Å². The maximum Gasteiger partial charge on any atom is 0.127 e. The number of imidazole rings is 1. The lowest BCUT2D eigenvalue weighted by atomic mass is 10.2. The number of hydrogen-bond acceptors (Lipinski definition) is 3. The number of aromatic nitrogens is 2. The molecule has 3 rings (SSSR count). The van der Waals surface area contributed by atoms with Gasteiger partial charge >= 0.3 is 0 Å². The Morgan fingerprint density at radius 1 is 1.53 bits per heavy atom. The maximum atomic E-state index is 9.56. The lowest BCUT2D eigenvalue weighted by Crippen LogP contribution is -2.04. The van der Waals surface area contributed by atoms with Gasteiger partial charge in [-0.3, -0.25) is 0 Å². The summed E-state index contributed by atoms with van der Waals surface area (Å²) in [6.07, 6.45) is 2.26. The second-order valence-electron chi connectivity index (χ2n) is 4.59. The highest BCUT2D eigenvalue weighted by atomic mass is 16.3. The molecule has 1 heterocycles. The Hall–Kier alpha value is -2.02. The van der Waals surface area contributed by atoms with Gasteiger partial charge in [0.15, 0.2) is 0 Å². The van der Waals surface area contributed by atoms with Crippen LogP contribution in [-0.2, 0) is 0 Å². The molecule has 4 nitrogen and oxygen atoms in total. The number of phenolic OH excluding ortho intramolecular Hbond substituents is 1. The van der Waals surface area contributed by atoms with Crippen molar-refractivity contribution >= 4 is 11.0 Å². The zero-order valence-corrected chi connectivity index (χ0v) is 9.59. The molecule has 1 aliphatic carbocycles. The molecular formula is C13H13N3O. The Kier molecular flexibility index (Phi) is 2.08. The van der Waals surface area contributed by atoms with Crippen LogP contribution < -0.4 is 0 Å². The molecule has 0 saturated heterocycles. The van der Waals surface area contributed by atoms with Gasteiger partial charge in [-0.1, -0.05) is 0 Å². The van der Waals surface area contributed by atoms with Crippen LogP contribution in [0.1, 0.15) is 37.5 Å². The first-order valence-electron chi connectivity index (χ1n) is 5.81. The van der Waals surface area contributed by atoms with Crippen molar-refractivity contribution in [3.05, 3.63) is 24.0 Å². The van der Waals surface area contributed by atoms with Crippen LogP contribution in [0.25, 0.3) is 11.0 Å². The van der Waals surface area contributed by atoms with Gasteiger partial charge in [0, 0.05) is 12.1 Å². The summed E-state index contributed by atoms with van der Waals surface area (Å²) in [5, 5.41) is 18.6. The fourth-order valence-corrected chi connectivity index (χ4v) is 2.18. The zero-order valence-electron chi connectivity index (χ0n) is 9.59. The first kappa shape index (κ1) is 10.2. The Bertz CT molecular complexity index is 619. The van der Waals surface area contributed by atoms with Crippen LogP contribution in [0.2, 0.25) is 0 Å². The highest BCUT2D eigenvalue weighted by molar-refractivity contribution is 5.78. The van der Waals surface area contributed by atoms with E-state index in [0.29, 0.717) is 6.04 Å². The van der Waals surface area contributed by atoms with Gasteiger partial charge in [0.05, 0.1) is 17.1 Å². The lowest BCUT2D eigenvalue weighted by Gasteiger charge is -2.08. The zero-order chi connectivity index (χ0) is 12.0. The normalized spacial score (nSPS) is 16.9. The molecule has 0 aliphatic heterocycles. The number of hydrogen-bond donors (Lipinski definition) is 1. The molecule has 1 aromatic heterocycles. The second-order valence-corrected chi connectivity index (χ2v) is 4.59. The van der Waals surface area contributed by atoms with Crippen LogP contribution >= 0.6 is 0 Å². The van der Waals surface area contributed by atoms with Crippen LogP contribution in [0.15, 0.2) is 18.2 Å². The van der Waals surface area contributed by atoms with E-state index in [2.05, 4.69) is 15.6 Å². The monoisotopic (exact) mass is 227 g/mol. The van der Waals surface area contributed by atoms with Crippen molar-refractivity contribution in [2.45, 2.75) is 31.7 Å². The SMILES string of the molecule is CC(C#N)c1nc2ccc(O)cc2n1C1CC1. The minimum atomic E-state index is -0.217. The molecule has 0 radical (unpaired) electrons. The third-order valence-electron chi connectivity index (χ3n) is 3.19. The summed E-state index contributed by atoms with van der Waals surface area (Å²) < 4.78 is 2.11. The fraction of sp³-hybridized carbons (Fsp3) is 0.385. The number of nitrogens with zero attached hydrogens (tertiary/aromatic N) is 3. The highest BCUT2D eigenvalue weighted by Crippen LogP contribution is 2.40. The molecule has 1 saturated carbocycles. The number of nitriles is 1. The number of aromatic hydroxyl groups is 1. The van der Waals surface area contributed by atoms with E-state index in [1.54, 1.807) is 18.2 Å². The molecule has 86 valence electrons. The van der Waals surface area contributed by atoms with Crippen LogP contribution in [0.5, 0.6) is 5.75 Å². The smallest absolute Gasteiger partial charge is 0.127 e. The summed E-state index contributed by atoms with van der Waals surface area (Å²) >= 11 is 0. The molecule has 1 aliphatic rings. The van der Waals surface area contributed by atoms with E-state index in [-0.39, 0.29) is 11.7 Å². The standard InChI is InChI=1S/C13H13N3O/c1-8(7-14)13-15-11-5-4-10(17)6-12(11)16(13)9-2-3-9/h4-6,8-9,17H,2-3H2,1H3. The van der Waals surface area contributed by atoms with Crippen LogP contribution in [0, 0.1) is 11.3 Å². The van der Waals surface area contributed by atoms with E-state index in [9.17, 15) is 5.11 Å². The average molecular weight is 227 g/mol. The van der Waals surface area contributed by atoms with Crippen LogP contribution in [0.3, 0.4) is 0 Å². The molecule has 17 heavy (non-hydrogen) atoms. The van der Waals surface area contributed by atoms with E-state index >= 15 is 0 Å². The van der Waals surface area contributed by atoms with Crippen molar-refractivity contribution in [3.8, 4) is 11.8 Å². The van der Waals surface area contributed by atoms with E-state index in [4.69, 9.17) is 5.26 Å². The second kappa shape index (κ2) is 3.49. The van der Waals surface area contributed by atoms with Crippen molar-refractivity contribution in [2.24, 2.45) is 0 Å². The van der Waals surface area contributed by atoms with Crippen molar-refractivity contribution in [1.29, 1.82) is 5.26 Å². The number of phenols is 1. The summed E-state index contributed by atoms with van der Waals surface area (Å²) in [5.41, 5.74) is 1.79. The van der Waals surface area contributed by atoms with Gasteiger partial charge in [0.25, 0.3) is 0 Å². The maximum absolute atomic E-state index is 9.56. The Balaban J connectivity index is 2.28. The van der Waals surface area contributed by atoms with E-state index in [1.807, 2.05) is 6.92 Å². The summed E-state index contributed by atoms with van der Waals surface area (Å²) in [6, 6.07) is 7.85. The van der Waals surface area contributed by atoms with E-state index < -0.39 is 0 Å². The van der Waals surface area contributed by atoms with Crippen molar-refractivity contribution < 1.29 is 5.11 Å². The Morgan fingerprint density at radius 2 is 2.29 bits per heavy atom. The van der Waals surface area contributed by atoms with Gasteiger partial charge in [-0.15, -0.1) is 0 Å². The molecule has 2 aromatic rings. The molecule has 0 amide bonds. The average Bonchev–Trinajstić information content (AvgIpc) is 3.09. The molecule has 4 heteroatoms.